The number of anilines is 2. The van der Waals surface area contributed by atoms with Crippen molar-refractivity contribution in [3.05, 3.63) is 53.9 Å². The van der Waals surface area contributed by atoms with Gasteiger partial charge in [0.2, 0.25) is 0 Å². The van der Waals surface area contributed by atoms with E-state index in [9.17, 15) is 18.0 Å². The molecule has 29 heavy (non-hydrogen) atoms. The average Bonchev–Trinajstić information content (AvgIpc) is 2.69. The predicted molar refractivity (Wildman–Crippen MR) is 102 cm³/mol. The van der Waals surface area contributed by atoms with E-state index in [4.69, 9.17) is 5.26 Å². The van der Waals surface area contributed by atoms with Crippen LogP contribution in [0.5, 0.6) is 0 Å². The lowest BCUT2D eigenvalue weighted by Crippen LogP contribution is -2.59. The molecule has 9 heteroatoms. The van der Waals surface area contributed by atoms with E-state index in [2.05, 4.69) is 10.3 Å². The standard InChI is InChI=1S/C20H20F3N5O/c1-13-12-28(19(29)26-16-5-7-25-8-6-16)14(2)11-27(13)17-4-3-15(10-24)18(9-17)20(21,22)23/h3-9,13-14H,11-12H2,1-2H3,(H,25,26,29)/t13?,14-/m1/s1. The zero-order valence-corrected chi connectivity index (χ0v) is 15.9. The first-order chi connectivity index (χ1) is 13.7. The first-order valence-corrected chi connectivity index (χ1v) is 9.06. The van der Waals surface area contributed by atoms with E-state index in [1.54, 1.807) is 35.5 Å². The molecule has 2 aromatic rings. The van der Waals surface area contributed by atoms with Crippen LogP contribution in [0.15, 0.2) is 42.7 Å². The first-order valence-electron chi connectivity index (χ1n) is 9.06. The van der Waals surface area contributed by atoms with Crippen molar-refractivity contribution in [3.63, 3.8) is 0 Å². The summed E-state index contributed by atoms with van der Waals surface area (Å²) in [6.45, 7) is 4.41. The van der Waals surface area contributed by atoms with Gasteiger partial charge in [-0.25, -0.2) is 4.79 Å². The van der Waals surface area contributed by atoms with Gasteiger partial charge in [-0.3, -0.25) is 4.98 Å². The largest absolute Gasteiger partial charge is 0.417 e. The number of aromatic nitrogens is 1. The average molecular weight is 403 g/mol. The van der Waals surface area contributed by atoms with E-state index in [0.717, 1.165) is 6.07 Å². The van der Waals surface area contributed by atoms with Crippen LogP contribution in [-0.4, -0.2) is 41.1 Å². The van der Waals surface area contributed by atoms with Gasteiger partial charge < -0.3 is 15.1 Å². The van der Waals surface area contributed by atoms with E-state index >= 15 is 0 Å². The molecule has 1 aliphatic rings. The Morgan fingerprint density at radius 3 is 2.48 bits per heavy atom. The second-order valence-electron chi connectivity index (χ2n) is 7.01. The topological polar surface area (TPSA) is 72.3 Å². The van der Waals surface area contributed by atoms with Gasteiger partial charge in [0.1, 0.15) is 0 Å². The van der Waals surface area contributed by atoms with Crippen LogP contribution in [0.25, 0.3) is 0 Å². The van der Waals surface area contributed by atoms with Crippen LogP contribution >= 0.6 is 0 Å². The Kier molecular flexibility index (Phi) is 5.64. The van der Waals surface area contributed by atoms with Gasteiger partial charge in [0, 0.05) is 48.9 Å². The highest BCUT2D eigenvalue weighted by molar-refractivity contribution is 5.89. The number of urea groups is 1. The van der Waals surface area contributed by atoms with Crippen molar-refractivity contribution in [2.45, 2.75) is 32.1 Å². The fraction of sp³-hybridized carbons (Fsp3) is 0.350. The Morgan fingerprint density at radius 2 is 1.86 bits per heavy atom. The molecule has 3 rings (SSSR count). The highest BCUT2D eigenvalue weighted by Gasteiger charge is 2.36. The molecule has 0 radical (unpaired) electrons. The second-order valence-corrected chi connectivity index (χ2v) is 7.01. The molecule has 2 atom stereocenters. The third-order valence-corrected chi connectivity index (χ3v) is 4.94. The number of carbonyl (C=O) groups is 1. The highest BCUT2D eigenvalue weighted by atomic mass is 19.4. The van der Waals surface area contributed by atoms with Gasteiger partial charge in [-0.05, 0) is 44.2 Å². The summed E-state index contributed by atoms with van der Waals surface area (Å²) in [5.74, 6) is 0. The van der Waals surface area contributed by atoms with Gasteiger partial charge in [-0.2, -0.15) is 18.4 Å². The summed E-state index contributed by atoms with van der Waals surface area (Å²) in [5.41, 5.74) is -0.355. The monoisotopic (exact) mass is 403 g/mol. The van der Waals surface area contributed by atoms with Crippen LogP contribution in [0, 0.1) is 11.3 Å². The van der Waals surface area contributed by atoms with E-state index in [1.807, 2.05) is 18.7 Å². The summed E-state index contributed by atoms with van der Waals surface area (Å²) >= 11 is 0. The molecule has 0 bridgehead atoms. The van der Waals surface area contributed by atoms with E-state index in [1.165, 1.54) is 12.1 Å². The maximum absolute atomic E-state index is 13.3. The van der Waals surface area contributed by atoms with Crippen LogP contribution in [0.4, 0.5) is 29.3 Å². The molecular weight excluding hydrogens is 383 g/mol. The summed E-state index contributed by atoms with van der Waals surface area (Å²) < 4.78 is 39.9. The molecular formula is C20H20F3N5O. The van der Waals surface area contributed by atoms with Crippen LogP contribution in [-0.2, 0) is 6.18 Å². The van der Waals surface area contributed by atoms with Gasteiger partial charge in [0.05, 0.1) is 17.2 Å². The quantitative estimate of drug-likeness (QED) is 0.819. The Morgan fingerprint density at radius 1 is 1.17 bits per heavy atom. The molecule has 1 unspecified atom stereocenters. The zero-order valence-electron chi connectivity index (χ0n) is 15.9. The van der Waals surface area contributed by atoms with Crippen LogP contribution < -0.4 is 10.2 Å². The smallest absolute Gasteiger partial charge is 0.365 e. The molecule has 2 heterocycles. The summed E-state index contributed by atoms with van der Waals surface area (Å²) in [5, 5.41) is 11.8. The molecule has 1 N–H and O–H groups in total. The molecule has 1 aliphatic heterocycles. The molecule has 1 saturated heterocycles. The molecule has 1 fully saturated rings. The third-order valence-electron chi connectivity index (χ3n) is 4.94. The fourth-order valence-electron chi connectivity index (χ4n) is 3.44. The number of alkyl halides is 3. The molecule has 0 spiro atoms. The summed E-state index contributed by atoms with van der Waals surface area (Å²) in [7, 11) is 0. The van der Waals surface area contributed by atoms with Crippen molar-refractivity contribution in [2.24, 2.45) is 0 Å². The van der Waals surface area contributed by atoms with E-state index in [0.29, 0.717) is 24.5 Å². The van der Waals surface area contributed by atoms with Gasteiger partial charge in [0.25, 0.3) is 0 Å². The SMILES string of the molecule is CC1CN(C(=O)Nc2ccncc2)[C@H](C)CN1c1ccc(C#N)c(C(F)(F)F)c1. The highest BCUT2D eigenvalue weighted by Crippen LogP contribution is 2.35. The van der Waals surface area contributed by atoms with Crippen molar-refractivity contribution < 1.29 is 18.0 Å². The molecule has 152 valence electrons. The zero-order chi connectivity index (χ0) is 21.2. The summed E-state index contributed by atoms with van der Waals surface area (Å²) in [4.78, 5) is 20.0. The number of nitrogens with one attached hydrogen (secondary N) is 1. The number of piperazine rings is 1. The minimum absolute atomic E-state index is 0.205. The molecule has 1 aromatic carbocycles. The van der Waals surface area contributed by atoms with Crippen molar-refractivity contribution in [1.82, 2.24) is 9.88 Å². The second kappa shape index (κ2) is 7.99. The number of benzene rings is 1. The van der Waals surface area contributed by atoms with Gasteiger partial charge in [-0.1, -0.05) is 0 Å². The minimum atomic E-state index is -4.61. The van der Waals surface area contributed by atoms with Crippen LogP contribution in [0.2, 0.25) is 0 Å². The van der Waals surface area contributed by atoms with Gasteiger partial charge in [0.15, 0.2) is 0 Å². The third kappa shape index (κ3) is 4.42. The predicted octanol–water partition coefficient (Wildman–Crippen LogP) is 4.10. The van der Waals surface area contributed by atoms with Crippen LogP contribution in [0.1, 0.15) is 25.0 Å². The van der Waals surface area contributed by atoms with Crippen molar-refractivity contribution >= 4 is 17.4 Å². The lowest BCUT2D eigenvalue weighted by molar-refractivity contribution is -0.137. The van der Waals surface area contributed by atoms with Gasteiger partial charge >= 0.3 is 12.2 Å². The van der Waals surface area contributed by atoms with Crippen LogP contribution in [0.3, 0.4) is 0 Å². The van der Waals surface area contributed by atoms with Crippen molar-refractivity contribution in [1.29, 1.82) is 5.26 Å². The molecule has 0 aliphatic carbocycles. The Balaban J connectivity index is 1.78. The normalized spacial score (nSPS) is 19.6. The number of hydrogen-bond acceptors (Lipinski definition) is 4. The number of hydrogen-bond donors (Lipinski definition) is 1. The minimum Gasteiger partial charge on any atom is -0.365 e. The molecule has 6 nitrogen and oxygen atoms in total. The Bertz CT molecular complexity index is 926. The van der Waals surface area contributed by atoms with E-state index in [-0.39, 0.29) is 18.1 Å². The first kappa shape index (κ1) is 20.5. The molecule has 2 amide bonds. The molecule has 1 aromatic heterocycles. The Labute approximate surface area is 166 Å². The van der Waals surface area contributed by atoms with E-state index < -0.39 is 17.3 Å². The lowest BCUT2D eigenvalue weighted by Gasteiger charge is -2.45. The number of nitriles is 1. The molecule has 0 saturated carbocycles. The number of rotatable bonds is 2. The maximum Gasteiger partial charge on any atom is 0.417 e. The number of amides is 2. The number of pyridine rings is 1. The summed E-state index contributed by atoms with van der Waals surface area (Å²) in [6, 6.07) is 7.97. The Hall–Kier alpha value is -3.28. The van der Waals surface area contributed by atoms with Crippen molar-refractivity contribution in [2.75, 3.05) is 23.3 Å². The van der Waals surface area contributed by atoms with Gasteiger partial charge in [-0.15, -0.1) is 0 Å². The van der Waals surface area contributed by atoms with Crippen molar-refractivity contribution in [3.8, 4) is 6.07 Å². The maximum atomic E-state index is 13.3. The number of carbonyl (C=O) groups excluding carboxylic acids is 1. The fourth-order valence-corrected chi connectivity index (χ4v) is 3.44. The number of nitrogens with zero attached hydrogens (tertiary/aromatic N) is 4. The number of halogens is 3. The lowest BCUT2D eigenvalue weighted by atomic mass is 10.0. The summed E-state index contributed by atoms with van der Waals surface area (Å²) in [6.07, 6.45) is -1.46.